The van der Waals surface area contributed by atoms with Gasteiger partial charge in [0.15, 0.2) is 0 Å². The van der Waals surface area contributed by atoms with Crippen LogP contribution in [0.2, 0.25) is 0 Å². The fraction of sp³-hybridized carbons (Fsp3) is 0.529. The van der Waals surface area contributed by atoms with Crippen molar-refractivity contribution < 1.29 is 4.79 Å². The lowest BCUT2D eigenvalue weighted by molar-refractivity contribution is 0.0717. The maximum Gasteiger partial charge on any atom is 0.257 e. The van der Waals surface area contributed by atoms with E-state index in [4.69, 9.17) is 0 Å². The molecule has 0 aromatic carbocycles. The average Bonchev–Trinajstić information content (AvgIpc) is 3.07. The van der Waals surface area contributed by atoms with Crippen LogP contribution in [-0.2, 0) is 7.05 Å². The summed E-state index contributed by atoms with van der Waals surface area (Å²) in [6.07, 6.45) is 6.99. The Kier molecular flexibility index (Phi) is 4.87. The van der Waals surface area contributed by atoms with E-state index in [0.717, 1.165) is 37.6 Å². The van der Waals surface area contributed by atoms with Gasteiger partial charge >= 0.3 is 0 Å². The van der Waals surface area contributed by atoms with Gasteiger partial charge in [-0.15, -0.1) is 0 Å². The van der Waals surface area contributed by atoms with Crippen molar-refractivity contribution in [3.05, 3.63) is 30.4 Å². The molecule has 0 bridgehead atoms. The lowest BCUT2D eigenvalue weighted by Gasteiger charge is -2.38. The summed E-state index contributed by atoms with van der Waals surface area (Å²) in [6.45, 7) is 1.71. The van der Waals surface area contributed by atoms with E-state index in [1.165, 1.54) is 0 Å². The summed E-state index contributed by atoms with van der Waals surface area (Å²) in [5, 5.41) is 4.09. The molecule has 134 valence electrons. The molecular weight excluding hydrogens is 318 g/mol. The zero-order chi connectivity index (χ0) is 18.0. The molecule has 8 heteroatoms. The van der Waals surface area contributed by atoms with Gasteiger partial charge in [-0.05, 0) is 12.8 Å². The number of likely N-dealkylation sites (N-methyl/N-ethyl adjacent to an activating group) is 1. The van der Waals surface area contributed by atoms with Crippen molar-refractivity contribution in [2.75, 3.05) is 44.0 Å². The molecule has 0 N–H and O–H groups in total. The van der Waals surface area contributed by atoms with E-state index in [1.54, 1.807) is 23.4 Å². The Morgan fingerprint density at radius 1 is 1.28 bits per heavy atom. The normalized spacial score (nSPS) is 17.4. The lowest BCUT2D eigenvalue weighted by Crippen LogP contribution is -2.48. The zero-order valence-corrected chi connectivity index (χ0v) is 15.3. The predicted octanol–water partition coefficient (Wildman–Crippen LogP) is 1.02. The number of hydrogen-bond donors (Lipinski definition) is 0. The number of anilines is 2. The predicted molar refractivity (Wildman–Crippen MR) is 96.9 cm³/mol. The van der Waals surface area contributed by atoms with Gasteiger partial charge < -0.3 is 14.7 Å². The molecule has 8 nitrogen and oxygen atoms in total. The van der Waals surface area contributed by atoms with Crippen molar-refractivity contribution in [1.29, 1.82) is 0 Å². The number of aryl methyl sites for hydroxylation is 1. The number of aromatic nitrogens is 4. The van der Waals surface area contributed by atoms with Crippen LogP contribution in [0, 0.1) is 0 Å². The molecule has 1 unspecified atom stereocenters. The summed E-state index contributed by atoms with van der Waals surface area (Å²) < 4.78 is 1.65. The second-order valence-corrected chi connectivity index (χ2v) is 6.69. The van der Waals surface area contributed by atoms with Crippen molar-refractivity contribution >= 4 is 17.5 Å². The Balaban J connectivity index is 1.72. The largest absolute Gasteiger partial charge is 0.363 e. The van der Waals surface area contributed by atoms with Crippen LogP contribution >= 0.6 is 0 Å². The van der Waals surface area contributed by atoms with Gasteiger partial charge in [0.2, 0.25) is 0 Å². The fourth-order valence-electron chi connectivity index (χ4n) is 3.13. The van der Waals surface area contributed by atoms with E-state index in [-0.39, 0.29) is 11.9 Å². The van der Waals surface area contributed by atoms with Crippen molar-refractivity contribution in [3.63, 3.8) is 0 Å². The third-order valence-electron chi connectivity index (χ3n) is 4.64. The first kappa shape index (κ1) is 17.2. The van der Waals surface area contributed by atoms with Crippen molar-refractivity contribution in [3.8, 4) is 0 Å². The van der Waals surface area contributed by atoms with Gasteiger partial charge in [0.25, 0.3) is 5.91 Å². The minimum absolute atomic E-state index is 0.0108. The molecule has 2 aromatic rings. The van der Waals surface area contributed by atoms with Gasteiger partial charge in [-0.3, -0.25) is 9.48 Å². The van der Waals surface area contributed by atoms with Crippen molar-refractivity contribution in [2.24, 2.45) is 7.05 Å². The summed E-state index contributed by atoms with van der Waals surface area (Å²) in [6, 6.07) is 2.14. The molecule has 2 aromatic heterocycles. The summed E-state index contributed by atoms with van der Waals surface area (Å²) in [5.74, 6) is 1.80. The molecule has 1 saturated heterocycles. The topological polar surface area (TPSA) is 70.4 Å². The van der Waals surface area contributed by atoms with Crippen LogP contribution in [0.25, 0.3) is 0 Å². The molecule has 25 heavy (non-hydrogen) atoms. The van der Waals surface area contributed by atoms with Gasteiger partial charge in [0.05, 0.1) is 11.8 Å². The van der Waals surface area contributed by atoms with E-state index < -0.39 is 0 Å². The van der Waals surface area contributed by atoms with Gasteiger partial charge in [-0.25, -0.2) is 9.97 Å². The summed E-state index contributed by atoms with van der Waals surface area (Å²) in [5.41, 5.74) is 0.624. The molecular formula is C17H25N7O. The van der Waals surface area contributed by atoms with E-state index in [9.17, 15) is 4.79 Å². The van der Waals surface area contributed by atoms with E-state index >= 15 is 0 Å². The van der Waals surface area contributed by atoms with E-state index in [1.807, 2.05) is 44.1 Å². The minimum atomic E-state index is 0.0108. The minimum Gasteiger partial charge on any atom is -0.363 e. The molecule has 0 saturated carbocycles. The summed E-state index contributed by atoms with van der Waals surface area (Å²) in [7, 11) is 7.61. The number of carbonyl (C=O) groups is 1. The molecule has 3 rings (SSSR count). The van der Waals surface area contributed by atoms with Crippen molar-refractivity contribution in [1.82, 2.24) is 24.6 Å². The smallest absolute Gasteiger partial charge is 0.257 e. The average molecular weight is 343 g/mol. The van der Waals surface area contributed by atoms with Crippen molar-refractivity contribution in [2.45, 2.75) is 18.9 Å². The van der Waals surface area contributed by atoms with Crippen LogP contribution in [0.5, 0.6) is 0 Å². The Labute approximate surface area is 148 Å². The van der Waals surface area contributed by atoms with Crippen LogP contribution in [-0.4, -0.2) is 70.8 Å². The molecule has 3 heterocycles. The van der Waals surface area contributed by atoms with Crippen LogP contribution in [0.15, 0.2) is 24.8 Å². The highest BCUT2D eigenvalue weighted by molar-refractivity contribution is 5.93. The summed E-state index contributed by atoms with van der Waals surface area (Å²) in [4.78, 5) is 27.4. The maximum atomic E-state index is 12.7. The maximum absolute atomic E-state index is 12.7. The number of piperidine rings is 1. The van der Waals surface area contributed by atoms with E-state index in [2.05, 4.69) is 20.0 Å². The fourth-order valence-corrected chi connectivity index (χ4v) is 3.13. The van der Waals surface area contributed by atoms with Gasteiger partial charge in [0.1, 0.15) is 18.0 Å². The monoisotopic (exact) mass is 343 g/mol. The first-order valence-corrected chi connectivity index (χ1v) is 8.46. The zero-order valence-electron chi connectivity index (χ0n) is 15.3. The Hall–Kier alpha value is -2.64. The molecule has 1 atom stereocenters. The highest BCUT2D eigenvalue weighted by Gasteiger charge is 2.28. The van der Waals surface area contributed by atoms with Crippen LogP contribution < -0.4 is 9.80 Å². The number of nitrogens with zero attached hydrogens (tertiary/aromatic N) is 7. The van der Waals surface area contributed by atoms with Crippen LogP contribution in [0.3, 0.4) is 0 Å². The molecule has 0 radical (unpaired) electrons. The van der Waals surface area contributed by atoms with Crippen LogP contribution in [0.1, 0.15) is 23.2 Å². The highest BCUT2D eigenvalue weighted by atomic mass is 16.2. The number of rotatable bonds is 4. The third-order valence-corrected chi connectivity index (χ3v) is 4.64. The van der Waals surface area contributed by atoms with Gasteiger partial charge in [-0.1, -0.05) is 0 Å². The number of carbonyl (C=O) groups excluding carboxylic acids is 1. The molecule has 0 aliphatic carbocycles. The Bertz CT molecular complexity index is 742. The number of hydrogen-bond acceptors (Lipinski definition) is 6. The molecule has 1 aliphatic rings. The SMILES string of the molecule is CN(C)c1cc(N2CCCC(N(C)C(=O)c3cnn(C)c3)C2)ncn1. The second-order valence-electron chi connectivity index (χ2n) is 6.69. The molecule has 1 amide bonds. The van der Waals surface area contributed by atoms with Crippen LogP contribution in [0.4, 0.5) is 11.6 Å². The quantitative estimate of drug-likeness (QED) is 0.825. The van der Waals surface area contributed by atoms with Gasteiger partial charge in [-0.2, -0.15) is 5.10 Å². The first-order chi connectivity index (χ1) is 12.0. The molecule has 1 aliphatic heterocycles. The highest BCUT2D eigenvalue weighted by Crippen LogP contribution is 2.23. The second kappa shape index (κ2) is 7.08. The first-order valence-electron chi connectivity index (χ1n) is 8.46. The van der Waals surface area contributed by atoms with Gasteiger partial charge in [0, 0.05) is 59.6 Å². The van der Waals surface area contributed by atoms with E-state index in [0.29, 0.717) is 5.56 Å². The summed E-state index contributed by atoms with van der Waals surface area (Å²) >= 11 is 0. The Morgan fingerprint density at radius 3 is 2.76 bits per heavy atom. The molecule has 0 spiro atoms. The third kappa shape index (κ3) is 3.72. The standard InChI is InChI=1S/C17H25N7O/c1-21(2)15-8-16(19-12-18-15)24-7-5-6-14(11-24)23(4)17(25)13-9-20-22(3)10-13/h8-10,12,14H,5-7,11H2,1-4H3. The lowest BCUT2D eigenvalue weighted by atomic mass is 10.0. The molecule has 1 fully saturated rings. The Morgan fingerprint density at radius 2 is 2.08 bits per heavy atom. The number of amides is 1.